The summed E-state index contributed by atoms with van der Waals surface area (Å²) in [6, 6.07) is -0.0735. The predicted octanol–water partition coefficient (Wildman–Crippen LogP) is 1.96. The van der Waals surface area contributed by atoms with Gasteiger partial charge in [-0.05, 0) is 18.8 Å². The van der Waals surface area contributed by atoms with Gasteiger partial charge in [-0.3, -0.25) is 10.7 Å². The maximum Gasteiger partial charge on any atom is 0.323 e. The van der Waals surface area contributed by atoms with E-state index in [9.17, 15) is 4.79 Å². The number of carbonyl (C=O) groups is 1. The standard InChI is InChI=1S/C11H19N3O/c1-8(2)7-14-10(15)13-9(12)11(14)5-3-4-6-11/h8H,3-7H2,1-2H3,(H2,12,13,15). The second-order valence-corrected chi connectivity index (χ2v) is 5.05. The Hall–Kier alpha value is -1.06. The van der Waals surface area contributed by atoms with E-state index >= 15 is 0 Å². The van der Waals surface area contributed by atoms with Crippen LogP contribution in [0.1, 0.15) is 39.5 Å². The van der Waals surface area contributed by atoms with Gasteiger partial charge in [-0.1, -0.05) is 26.7 Å². The van der Waals surface area contributed by atoms with Gasteiger partial charge in [-0.15, -0.1) is 0 Å². The molecular formula is C11H19N3O. The molecule has 0 bridgehead atoms. The zero-order valence-electron chi connectivity index (χ0n) is 9.47. The van der Waals surface area contributed by atoms with Crippen molar-refractivity contribution in [2.75, 3.05) is 6.54 Å². The van der Waals surface area contributed by atoms with Crippen LogP contribution in [0.5, 0.6) is 0 Å². The molecule has 1 saturated heterocycles. The second kappa shape index (κ2) is 3.51. The van der Waals surface area contributed by atoms with Crippen LogP contribution in [0.2, 0.25) is 0 Å². The van der Waals surface area contributed by atoms with Crippen LogP contribution in [0.25, 0.3) is 0 Å². The van der Waals surface area contributed by atoms with E-state index in [-0.39, 0.29) is 11.6 Å². The van der Waals surface area contributed by atoms with E-state index in [1.165, 1.54) is 0 Å². The van der Waals surface area contributed by atoms with Crippen molar-refractivity contribution in [2.45, 2.75) is 45.1 Å². The molecule has 0 unspecified atom stereocenters. The summed E-state index contributed by atoms with van der Waals surface area (Å²) in [5, 5.41) is 10.6. The van der Waals surface area contributed by atoms with Crippen LogP contribution < -0.4 is 5.32 Å². The maximum absolute atomic E-state index is 11.8. The van der Waals surface area contributed by atoms with Crippen molar-refractivity contribution >= 4 is 11.9 Å². The van der Waals surface area contributed by atoms with Crippen molar-refractivity contribution in [1.82, 2.24) is 10.2 Å². The number of urea groups is 1. The van der Waals surface area contributed by atoms with Crippen LogP contribution in [0.15, 0.2) is 0 Å². The number of nitrogens with zero attached hydrogens (tertiary/aromatic N) is 1. The largest absolute Gasteiger partial charge is 0.323 e. The monoisotopic (exact) mass is 209 g/mol. The molecule has 2 N–H and O–H groups in total. The van der Waals surface area contributed by atoms with Gasteiger partial charge >= 0.3 is 6.03 Å². The topological polar surface area (TPSA) is 56.2 Å². The minimum Gasteiger partial charge on any atom is -0.311 e. The molecule has 2 fully saturated rings. The minimum atomic E-state index is -0.276. The van der Waals surface area contributed by atoms with Crippen molar-refractivity contribution in [3.05, 3.63) is 0 Å². The zero-order valence-corrected chi connectivity index (χ0v) is 9.47. The molecule has 2 rings (SSSR count). The highest BCUT2D eigenvalue weighted by atomic mass is 16.2. The average Bonchev–Trinajstić information content (AvgIpc) is 2.69. The Labute approximate surface area is 90.5 Å². The molecule has 15 heavy (non-hydrogen) atoms. The molecule has 1 saturated carbocycles. The number of nitrogens with one attached hydrogen (secondary N) is 2. The van der Waals surface area contributed by atoms with Gasteiger partial charge in [-0.2, -0.15) is 0 Å². The summed E-state index contributed by atoms with van der Waals surface area (Å²) in [7, 11) is 0. The molecular weight excluding hydrogens is 190 g/mol. The molecule has 0 aromatic rings. The third-order valence-corrected chi connectivity index (χ3v) is 3.44. The number of hydrogen-bond acceptors (Lipinski definition) is 2. The molecule has 1 aliphatic heterocycles. The first kappa shape index (κ1) is 10.5. The van der Waals surface area contributed by atoms with E-state index in [1.54, 1.807) is 0 Å². The minimum absolute atomic E-state index is 0.0735. The highest BCUT2D eigenvalue weighted by Crippen LogP contribution is 2.38. The number of carbonyl (C=O) groups excluding carboxylic acids is 1. The van der Waals surface area contributed by atoms with Crippen molar-refractivity contribution in [1.29, 1.82) is 5.41 Å². The summed E-state index contributed by atoms with van der Waals surface area (Å²) in [6.07, 6.45) is 4.17. The summed E-state index contributed by atoms with van der Waals surface area (Å²) in [4.78, 5) is 13.6. The second-order valence-electron chi connectivity index (χ2n) is 5.05. The molecule has 0 aromatic heterocycles. The molecule has 0 atom stereocenters. The first-order valence-electron chi connectivity index (χ1n) is 5.74. The Morgan fingerprint density at radius 3 is 2.60 bits per heavy atom. The van der Waals surface area contributed by atoms with E-state index in [0.717, 1.165) is 32.2 Å². The lowest BCUT2D eigenvalue weighted by Crippen LogP contribution is -2.48. The lowest BCUT2D eigenvalue weighted by Gasteiger charge is -2.33. The lowest BCUT2D eigenvalue weighted by atomic mass is 9.94. The first-order chi connectivity index (χ1) is 7.06. The number of hydrogen-bond donors (Lipinski definition) is 2. The highest BCUT2D eigenvalue weighted by molar-refractivity contribution is 6.08. The summed E-state index contributed by atoms with van der Waals surface area (Å²) < 4.78 is 0. The smallest absolute Gasteiger partial charge is 0.311 e. The molecule has 1 heterocycles. The van der Waals surface area contributed by atoms with E-state index in [4.69, 9.17) is 5.41 Å². The summed E-state index contributed by atoms with van der Waals surface area (Å²) in [5.41, 5.74) is -0.276. The van der Waals surface area contributed by atoms with Gasteiger partial charge in [0.2, 0.25) is 0 Å². The molecule has 2 aliphatic rings. The fourth-order valence-corrected chi connectivity index (χ4v) is 2.72. The molecule has 2 amide bonds. The Kier molecular flexibility index (Phi) is 2.44. The summed E-state index contributed by atoms with van der Waals surface area (Å²) in [5.74, 6) is 0.879. The fraction of sp³-hybridized carbons (Fsp3) is 0.818. The molecule has 4 nitrogen and oxygen atoms in total. The van der Waals surface area contributed by atoms with Crippen molar-refractivity contribution in [3.8, 4) is 0 Å². The SMILES string of the molecule is CC(C)CN1C(=O)NC(=N)C12CCCC2. The van der Waals surface area contributed by atoms with Crippen LogP contribution >= 0.6 is 0 Å². The van der Waals surface area contributed by atoms with E-state index in [1.807, 2.05) is 4.90 Å². The third-order valence-electron chi connectivity index (χ3n) is 3.44. The molecule has 1 aliphatic carbocycles. The molecule has 84 valence electrons. The van der Waals surface area contributed by atoms with Crippen molar-refractivity contribution in [2.24, 2.45) is 5.92 Å². The van der Waals surface area contributed by atoms with Gasteiger partial charge in [-0.25, -0.2) is 4.79 Å². The van der Waals surface area contributed by atoms with Crippen molar-refractivity contribution < 1.29 is 4.79 Å². The molecule has 1 spiro atoms. The number of amides is 2. The van der Waals surface area contributed by atoms with Gasteiger partial charge in [0.1, 0.15) is 11.4 Å². The van der Waals surface area contributed by atoms with Crippen molar-refractivity contribution in [3.63, 3.8) is 0 Å². The van der Waals surface area contributed by atoms with Gasteiger partial charge in [0.25, 0.3) is 0 Å². The fourth-order valence-electron chi connectivity index (χ4n) is 2.72. The molecule has 0 radical (unpaired) electrons. The van der Waals surface area contributed by atoms with Crippen LogP contribution in [0.4, 0.5) is 4.79 Å². The Bertz CT molecular complexity index is 292. The number of amidine groups is 1. The summed E-state index contributed by atoms with van der Waals surface area (Å²) >= 11 is 0. The molecule has 4 heteroatoms. The van der Waals surface area contributed by atoms with Crippen LogP contribution in [-0.2, 0) is 0 Å². The molecule has 0 aromatic carbocycles. The third kappa shape index (κ3) is 1.52. The average molecular weight is 209 g/mol. The van der Waals surface area contributed by atoms with Gasteiger partial charge < -0.3 is 4.90 Å². The first-order valence-corrected chi connectivity index (χ1v) is 5.74. The number of rotatable bonds is 2. The predicted molar refractivity (Wildman–Crippen MR) is 59.0 cm³/mol. The lowest BCUT2D eigenvalue weighted by molar-refractivity contribution is 0.164. The van der Waals surface area contributed by atoms with Crippen LogP contribution in [0.3, 0.4) is 0 Å². The van der Waals surface area contributed by atoms with Gasteiger partial charge in [0, 0.05) is 6.54 Å². The van der Waals surface area contributed by atoms with Crippen LogP contribution in [-0.4, -0.2) is 28.9 Å². The van der Waals surface area contributed by atoms with E-state index < -0.39 is 0 Å². The van der Waals surface area contributed by atoms with Gasteiger partial charge in [0.15, 0.2) is 0 Å². The van der Waals surface area contributed by atoms with E-state index in [0.29, 0.717) is 11.8 Å². The quantitative estimate of drug-likeness (QED) is 0.717. The summed E-state index contributed by atoms with van der Waals surface area (Å²) in [6.45, 7) is 4.98. The van der Waals surface area contributed by atoms with E-state index in [2.05, 4.69) is 19.2 Å². The Balaban J connectivity index is 2.24. The normalized spacial score (nSPS) is 24.3. The van der Waals surface area contributed by atoms with Gasteiger partial charge in [0.05, 0.1) is 0 Å². The van der Waals surface area contributed by atoms with Crippen LogP contribution in [0, 0.1) is 11.3 Å². The maximum atomic E-state index is 11.8. The zero-order chi connectivity index (χ0) is 11.1. The highest BCUT2D eigenvalue weighted by Gasteiger charge is 2.51. The Morgan fingerprint density at radius 2 is 2.07 bits per heavy atom. The Morgan fingerprint density at radius 1 is 1.47 bits per heavy atom.